The number of rotatable bonds is 6. The second kappa shape index (κ2) is 6.31. The summed E-state index contributed by atoms with van der Waals surface area (Å²) in [5, 5.41) is 0. The fraction of sp³-hybridized carbons (Fsp3) is 0.500. The molecule has 2 N–H and O–H groups in total. The Kier molecular flexibility index (Phi) is 5.28. The Morgan fingerprint density at radius 2 is 2.05 bits per heavy atom. The molecule has 1 aromatic carbocycles. The van der Waals surface area contributed by atoms with Crippen molar-refractivity contribution < 1.29 is 17.5 Å². The number of ether oxygens (including phenoxy) is 1. The highest BCUT2D eigenvalue weighted by Crippen LogP contribution is 2.23. The Balaban J connectivity index is 3.03. The van der Waals surface area contributed by atoms with Crippen LogP contribution >= 0.6 is 0 Å². The highest BCUT2D eigenvalue weighted by Gasteiger charge is 2.24. The summed E-state index contributed by atoms with van der Waals surface area (Å²) in [5.74, 6) is -0.787. The molecule has 0 bridgehead atoms. The lowest BCUT2D eigenvalue weighted by molar-refractivity contribution is 0.189. The molecule has 0 spiro atoms. The minimum Gasteiger partial charge on any atom is -0.398 e. The number of hydrogen-bond donors (Lipinski definition) is 1. The first-order chi connectivity index (χ1) is 8.80. The topological polar surface area (TPSA) is 72.6 Å². The lowest BCUT2D eigenvalue weighted by atomic mass is 10.2. The van der Waals surface area contributed by atoms with Crippen molar-refractivity contribution in [3.05, 3.63) is 23.5 Å². The number of methoxy groups -OCH3 is 1. The minimum atomic E-state index is -3.87. The van der Waals surface area contributed by atoms with Gasteiger partial charge in [-0.1, -0.05) is 0 Å². The highest BCUT2D eigenvalue weighted by molar-refractivity contribution is 7.89. The van der Waals surface area contributed by atoms with Crippen LogP contribution in [0.1, 0.15) is 12.0 Å². The van der Waals surface area contributed by atoms with E-state index in [0.29, 0.717) is 18.6 Å². The van der Waals surface area contributed by atoms with Gasteiger partial charge in [0.15, 0.2) is 0 Å². The highest BCUT2D eigenvalue weighted by atomic mass is 32.2. The third-order valence-electron chi connectivity index (χ3n) is 2.83. The Morgan fingerprint density at radius 3 is 2.63 bits per heavy atom. The summed E-state index contributed by atoms with van der Waals surface area (Å²) in [4.78, 5) is -0.393. The predicted molar refractivity (Wildman–Crippen MR) is 71.9 cm³/mol. The van der Waals surface area contributed by atoms with Crippen molar-refractivity contribution >= 4 is 15.7 Å². The van der Waals surface area contributed by atoms with Crippen LogP contribution in [0.5, 0.6) is 0 Å². The summed E-state index contributed by atoms with van der Waals surface area (Å²) >= 11 is 0. The van der Waals surface area contributed by atoms with E-state index in [0.717, 1.165) is 16.4 Å². The number of aryl methyl sites for hydroxylation is 1. The zero-order valence-electron chi connectivity index (χ0n) is 11.3. The van der Waals surface area contributed by atoms with E-state index in [1.807, 2.05) is 0 Å². The van der Waals surface area contributed by atoms with E-state index in [2.05, 4.69) is 0 Å². The van der Waals surface area contributed by atoms with E-state index in [1.165, 1.54) is 14.2 Å². The molecule has 19 heavy (non-hydrogen) atoms. The molecule has 0 radical (unpaired) electrons. The summed E-state index contributed by atoms with van der Waals surface area (Å²) in [6.07, 6.45) is 0.537. The van der Waals surface area contributed by atoms with E-state index in [1.54, 1.807) is 6.92 Å². The number of sulfonamides is 1. The number of benzene rings is 1. The number of halogens is 1. The second-order valence-corrected chi connectivity index (χ2v) is 6.33. The number of anilines is 1. The molecule has 5 nitrogen and oxygen atoms in total. The minimum absolute atomic E-state index is 0.253. The third-order valence-corrected chi connectivity index (χ3v) is 4.70. The van der Waals surface area contributed by atoms with E-state index < -0.39 is 20.7 Å². The smallest absolute Gasteiger partial charge is 0.245 e. The van der Waals surface area contributed by atoms with Crippen molar-refractivity contribution in [2.75, 3.05) is 33.0 Å². The van der Waals surface area contributed by atoms with Crippen LogP contribution in [0.4, 0.5) is 10.1 Å². The fourth-order valence-electron chi connectivity index (χ4n) is 1.59. The Hall–Kier alpha value is -1.18. The fourth-order valence-corrected chi connectivity index (χ4v) is 2.87. The van der Waals surface area contributed by atoms with Crippen LogP contribution in [-0.2, 0) is 14.8 Å². The lowest BCUT2D eigenvalue weighted by Gasteiger charge is -2.18. The number of hydrogen-bond acceptors (Lipinski definition) is 4. The molecule has 0 unspecified atom stereocenters. The van der Waals surface area contributed by atoms with Crippen molar-refractivity contribution in [1.29, 1.82) is 0 Å². The Morgan fingerprint density at radius 1 is 1.42 bits per heavy atom. The maximum atomic E-state index is 13.8. The molecule has 0 amide bonds. The average Bonchev–Trinajstić information content (AvgIpc) is 2.33. The molecule has 1 aromatic rings. The van der Waals surface area contributed by atoms with Crippen molar-refractivity contribution in [2.45, 2.75) is 18.2 Å². The third kappa shape index (κ3) is 3.65. The monoisotopic (exact) mass is 290 g/mol. The van der Waals surface area contributed by atoms with Gasteiger partial charge in [-0.25, -0.2) is 17.1 Å². The van der Waals surface area contributed by atoms with Crippen molar-refractivity contribution in [2.24, 2.45) is 0 Å². The van der Waals surface area contributed by atoms with Gasteiger partial charge in [-0.05, 0) is 31.0 Å². The molecule has 0 saturated heterocycles. The average molecular weight is 290 g/mol. The Labute approximate surface area is 113 Å². The number of nitrogens with two attached hydrogens (primary N) is 1. The molecule has 0 aliphatic carbocycles. The summed E-state index contributed by atoms with van der Waals surface area (Å²) in [5.41, 5.74) is 6.41. The van der Waals surface area contributed by atoms with Crippen LogP contribution in [0.15, 0.2) is 17.0 Å². The van der Waals surface area contributed by atoms with Crippen LogP contribution in [0.3, 0.4) is 0 Å². The molecule has 0 aliphatic rings. The van der Waals surface area contributed by atoms with Crippen molar-refractivity contribution in [3.8, 4) is 0 Å². The van der Waals surface area contributed by atoms with Gasteiger partial charge in [-0.15, -0.1) is 0 Å². The summed E-state index contributed by atoms with van der Waals surface area (Å²) < 4.78 is 44.1. The summed E-state index contributed by atoms with van der Waals surface area (Å²) in [7, 11) is -0.927. The predicted octanol–water partition coefficient (Wildman–Crippen LogP) is 1.37. The molecule has 0 saturated carbocycles. The first kappa shape index (κ1) is 15.9. The molecule has 0 aliphatic heterocycles. The number of nitrogens with zero attached hydrogens (tertiary/aromatic N) is 1. The molecule has 0 aromatic heterocycles. The van der Waals surface area contributed by atoms with Gasteiger partial charge in [0, 0.05) is 33.0 Å². The maximum absolute atomic E-state index is 13.8. The van der Waals surface area contributed by atoms with E-state index >= 15 is 0 Å². The molecule has 108 valence electrons. The zero-order chi connectivity index (χ0) is 14.6. The molecular formula is C12H19FN2O3S. The summed E-state index contributed by atoms with van der Waals surface area (Å²) in [6, 6.07) is 2.29. The van der Waals surface area contributed by atoms with Gasteiger partial charge in [0.2, 0.25) is 10.0 Å². The first-order valence-corrected chi connectivity index (χ1v) is 7.25. The SMILES string of the molecule is COCCCN(C)S(=O)(=O)c1cc(N)c(C)cc1F. The molecule has 0 heterocycles. The van der Waals surface area contributed by atoms with E-state index in [4.69, 9.17) is 10.5 Å². The van der Waals surface area contributed by atoms with Crippen LogP contribution < -0.4 is 5.73 Å². The van der Waals surface area contributed by atoms with Crippen LogP contribution in [0, 0.1) is 12.7 Å². The van der Waals surface area contributed by atoms with Crippen molar-refractivity contribution in [1.82, 2.24) is 4.31 Å². The maximum Gasteiger partial charge on any atom is 0.245 e. The summed E-state index contributed by atoms with van der Waals surface area (Å²) in [6.45, 7) is 2.32. The van der Waals surface area contributed by atoms with Crippen LogP contribution in [0.2, 0.25) is 0 Å². The zero-order valence-corrected chi connectivity index (χ0v) is 12.1. The van der Waals surface area contributed by atoms with Gasteiger partial charge in [0.05, 0.1) is 0 Å². The van der Waals surface area contributed by atoms with E-state index in [-0.39, 0.29) is 12.2 Å². The van der Waals surface area contributed by atoms with Gasteiger partial charge in [0.1, 0.15) is 10.7 Å². The molecule has 0 atom stereocenters. The van der Waals surface area contributed by atoms with Crippen molar-refractivity contribution in [3.63, 3.8) is 0 Å². The molecule has 7 heteroatoms. The lowest BCUT2D eigenvalue weighted by Crippen LogP contribution is -2.29. The quantitative estimate of drug-likeness (QED) is 0.634. The Bertz CT molecular complexity index is 546. The van der Waals surface area contributed by atoms with E-state index in [9.17, 15) is 12.8 Å². The van der Waals surface area contributed by atoms with Gasteiger partial charge in [0.25, 0.3) is 0 Å². The number of nitrogen functional groups attached to an aromatic ring is 1. The normalized spacial score (nSPS) is 12.1. The van der Waals surface area contributed by atoms with Gasteiger partial charge < -0.3 is 10.5 Å². The molecular weight excluding hydrogens is 271 g/mol. The van der Waals surface area contributed by atoms with Crippen LogP contribution in [0.25, 0.3) is 0 Å². The first-order valence-electron chi connectivity index (χ1n) is 5.81. The molecule has 1 rings (SSSR count). The molecule has 0 fully saturated rings. The standard InChI is InChI=1S/C12H19FN2O3S/c1-9-7-10(13)12(8-11(9)14)19(16,17)15(2)5-4-6-18-3/h7-8H,4-6,14H2,1-3H3. The van der Waals surface area contributed by atoms with Crippen LogP contribution in [-0.4, -0.2) is 40.0 Å². The van der Waals surface area contributed by atoms with Gasteiger partial charge in [-0.2, -0.15) is 0 Å². The van der Waals surface area contributed by atoms with Gasteiger partial charge >= 0.3 is 0 Å². The largest absolute Gasteiger partial charge is 0.398 e. The second-order valence-electron chi connectivity index (χ2n) is 4.31. The van der Waals surface area contributed by atoms with Gasteiger partial charge in [-0.3, -0.25) is 0 Å².